The molecular formula is C11H18N2O2. The monoisotopic (exact) mass is 210 g/mol. The normalized spacial score (nSPS) is 12.4. The van der Waals surface area contributed by atoms with Crippen LogP contribution >= 0.6 is 0 Å². The van der Waals surface area contributed by atoms with Gasteiger partial charge in [-0.05, 0) is 12.1 Å². The lowest BCUT2D eigenvalue weighted by Gasteiger charge is -2.13. The summed E-state index contributed by atoms with van der Waals surface area (Å²) in [6.45, 7) is 1.60. The zero-order valence-corrected chi connectivity index (χ0v) is 8.69. The van der Waals surface area contributed by atoms with Gasteiger partial charge in [-0.2, -0.15) is 0 Å². The molecule has 0 fully saturated rings. The van der Waals surface area contributed by atoms with Crippen LogP contribution in [0.1, 0.15) is 0 Å². The molecule has 1 atom stereocenters. The zero-order valence-electron chi connectivity index (χ0n) is 8.69. The second kappa shape index (κ2) is 7.23. The lowest BCUT2D eigenvalue weighted by Crippen LogP contribution is -2.33. The summed E-state index contributed by atoms with van der Waals surface area (Å²) in [5.74, 6) is 0. The van der Waals surface area contributed by atoms with E-state index in [0.29, 0.717) is 19.6 Å². The topological polar surface area (TPSA) is 64.5 Å². The number of anilines is 1. The first kappa shape index (κ1) is 12.0. The molecule has 0 spiro atoms. The van der Waals surface area contributed by atoms with Crippen molar-refractivity contribution in [2.45, 2.75) is 6.10 Å². The Hall–Kier alpha value is -1.10. The zero-order chi connectivity index (χ0) is 10.9. The standard InChI is InChI=1S/C11H18N2O2/c14-7-6-12-8-11(15)9-13-10-4-2-1-3-5-10/h1-5,11-15H,6-9H2. The molecule has 0 aliphatic carbocycles. The first-order valence-electron chi connectivity index (χ1n) is 5.11. The maximum Gasteiger partial charge on any atom is 0.0836 e. The van der Waals surface area contributed by atoms with Gasteiger partial charge in [0, 0.05) is 25.3 Å². The second-order valence-corrected chi connectivity index (χ2v) is 3.33. The number of hydrogen-bond acceptors (Lipinski definition) is 4. The number of aliphatic hydroxyl groups is 2. The highest BCUT2D eigenvalue weighted by atomic mass is 16.3. The first-order valence-corrected chi connectivity index (χ1v) is 5.11. The fourth-order valence-electron chi connectivity index (χ4n) is 1.21. The van der Waals surface area contributed by atoms with Crippen molar-refractivity contribution in [2.24, 2.45) is 0 Å². The average molecular weight is 210 g/mol. The Morgan fingerprint density at radius 2 is 1.87 bits per heavy atom. The van der Waals surface area contributed by atoms with Gasteiger partial charge in [-0.3, -0.25) is 0 Å². The van der Waals surface area contributed by atoms with Gasteiger partial charge in [-0.1, -0.05) is 18.2 Å². The van der Waals surface area contributed by atoms with Crippen LogP contribution in [0.3, 0.4) is 0 Å². The molecule has 0 aliphatic rings. The van der Waals surface area contributed by atoms with Gasteiger partial charge in [0.25, 0.3) is 0 Å². The van der Waals surface area contributed by atoms with Crippen LogP contribution in [-0.2, 0) is 0 Å². The second-order valence-electron chi connectivity index (χ2n) is 3.33. The number of nitrogens with one attached hydrogen (secondary N) is 2. The number of benzene rings is 1. The van der Waals surface area contributed by atoms with E-state index < -0.39 is 6.10 Å². The van der Waals surface area contributed by atoms with Crippen molar-refractivity contribution < 1.29 is 10.2 Å². The molecule has 4 N–H and O–H groups in total. The molecule has 1 aromatic carbocycles. The van der Waals surface area contributed by atoms with Gasteiger partial charge in [0.2, 0.25) is 0 Å². The van der Waals surface area contributed by atoms with Crippen LogP contribution in [0.2, 0.25) is 0 Å². The first-order chi connectivity index (χ1) is 7.33. The number of para-hydroxylation sites is 1. The van der Waals surface area contributed by atoms with E-state index in [1.54, 1.807) is 0 Å². The fourth-order valence-corrected chi connectivity index (χ4v) is 1.21. The van der Waals surface area contributed by atoms with Crippen LogP contribution in [-0.4, -0.2) is 42.6 Å². The molecule has 4 nitrogen and oxygen atoms in total. The van der Waals surface area contributed by atoms with E-state index in [0.717, 1.165) is 5.69 Å². The highest BCUT2D eigenvalue weighted by Crippen LogP contribution is 2.04. The Balaban J connectivity index is 2.14. The smallest absolute Gasteiger partial charge is 0.0836 e. The predicted molar refractivity (Wildman–Crippen MR) is 60.9 cm³/mol. The number of rotatable bonds is 7. The molecule has 1 unspecified atom stereocenters. The molecule has 0 amide bonds. The van der Waals surface area contributed by atoms with E-state index in [-0.39, 0.29) is 6.61 Å². The quantitative estimate of drug-likeness (QED) is 0.480. The largest absolute Gasteiger partial charge is 0.395 e. The van der Waals surface area contributed by atoms with Crippen LogP contribution in [0.25, 0.3) is 0 Å². The highest BCUT2D eigenvalue weighted by Gasteiger charge is 2.02. The van der Waals surface area contributed by atoms with Crippen molar-refractivity contribution in [3.8, 4) is 0 Å². The minimum absolute atomic E-state index is 0.0961. The predicted octanol–water partition coefficient (Wildman–Crippen LogP) is 0.0413. The molecule has 0 heterocycles. The van der Waals surface area contributed by atoms with Gasteiger partial charge in [0.1, 0.15) is 0 Å². The molecule has 84 valence electrons. The Morgan fingerprint density at radius 1 is 1.13 bits per heavy atom. The van der Waals surface area contributed by atoms with Crippen molar-refractivity contribution in [2.75, 3.05) is 31.6 Å². The van der Waals surface area contributed by atoms with E-state index in [1.807, 2.05) is 30.3 Å². The third kappa shape index (κ3) is 5.37. The molecule has 0 radical (unpaired) electrons. The average Bonchev–Trinajstić information content (AvgIpc) is 2.28. The van der Waals surface area contributed by atoms with E-state index in [9.17, 15) is 5.11 Å². The minimum Gasteiger partial charge on any atom is -0.395 e. The van der Waals surface area contributed by atoms with Gasteiger partial charge in [-0.15, -0.1) is 0 Å². The molecule has 0 aromatic heterocycles. The maximum atomic E-state index is 9.53. The van der Waals surface area contributed by atoms with Gasteiger partial charge < -0.3 is 20.8 Å². The molecule has 1 aromatic rings. The van der Waals surface area contributed by atoms with Crippen molar-refractivity contribution in [1.82, 2.24) is 5.32 Å². The molecule has 0 bridgehead atoms. The molecule has 4 heteroatoms. The van der Waals surface area contributed by atoms with Crippen LogP contribution in [0.5, 0.6) is 0 Å². The summed E-state index contributed by atoms with van der Waals surface area (Å²) in [5.41, 5.74) is 0.999. The molecule has 0 saturated heterocycles. The van der Waals surface area contributed by atoms with Gasteiger partial charge in [0.15, 0.2) is 0 Å². The Morgan fingerprint density at radius 3 is 2.53 bits per heavy atom. The summed E-state index contributed by atoms with van der Waals surface area (Å²) < 4.78 is 0. The van der Waals surface area contributed by atoms with E-state index in [1.165, 1.54) is 0 Å². The van der Waals surface area contributed by atoms with Crippen molar-refractivity contribution in [3.63, 3.8) is 0 Å². The van der Waals surface area contributed by atoms with Gasteiger partial charge in [0.05, 0.1) is 12.7 Å². The molecule has 1 rings (SSSR count). The molecule has 15 heavy (non-hydrogen) atoms. The third-order valence-corrected chi connectivity index (χ3v) is 1.98. The lowest BCUT2D eigenvalue weighted by atomic mass is 10.3. The minimum atomic E-state index is -0.447. The summed E-state index contributed by atoms with van der Waals surface area (Å²) in [6.07, 6.45) is -0.447. The summed E-state index contributed by atoms with van der Waals surface area (Å²) in [6, 6.07) is 9.74. The van der Waals surface area contributed by atoms with Crippen molar-refractivity contribution in [3.05, 3.63) is 30.3 Å². The number of aliphatic hydroxyl groups excluding tert-OH is 2. The molecule has 0 aliphatic heterocycles. The maximum absolute atomic E-state index is 9.53. The number of hydrogen-bond donors (Lipinski definition) is 4. The van der Waals surface area contributed by atoms with Crippen LogP contribution in [0, 0.1) is 0 Å². The van der Waals surface area contributed by atoms with Crippen molar-refractivity contribution in [1.29, 1.82) is 0 Å². The highest BCUT2D eigenvalue weighted by molar-refractivity contribution is 5.42. The third-order valence-electron chi connectivity index (χ3n) is 1.98. The molecular weight excluding hydrogens is 192 g/mol. The summed E-state index contributed by atoms with van der Waals surface area (Å²) in [4.78, 5) is 0. The Kier molecular flexibility index (Phi) is 5.77. The van der Waals surface area contributed by atoms with E-state index in [2.05, 4.69) is 10.6 Å². The van der Waals surface area contributed by atoms with E-state index >= 15 is 0 Å². The van der Waals surface area contributed by atoms with Gasteiger partial charge in [-0.25, -0.2) is 0 Å². The lowest BCUT2D eigenvalue weighted by molar-refractivity contribution is 0.180. The van der Waals surface area contributed by atoms with Gasteiger partial charge >= 0.3 is 0 Å². The Bertz CT molecular complexity index is 254. The Labute approximate surface area is 89.9 Å². The SMILES string of the molecule is OCCNCC(O)CNc1ccccc1. The van der Waals surface area contributed by atoms with Crippen LogP contribution in [0.4, 0.5) is 5.69 Å². The van der Waals surface area contributed by atoms with Crippen LogP contribution in [0.15, 0.2) is 30.3 Å². The summed E-state index contributed by atoms with van der Waals surface area (Å²) in [5, 5.41) is 24.1. The summed E-state index contributed by atoms with van der Waals surface area (Å²) >= 11 is 0. The fraction of sp³-hybridized carbons (Fsp3) is 0.455. The van der Waals surface area contributed by atoms with Crippen molar-refractivity contribution >= 4 is 5.69 Å². The van der Waals surface area contributed by atoms with Crippen LogP contribution < -0.4 is 10.6 Å². The molecule has 0 saturated carbocycles. The van der Waals surface area contributed by atoms with E-state index in [4.69, 9.17) is 5.11 Å². The summed E-state index contributed by atoms with van der Waals surface area (Å²) in [7, 11) is 0.